The summed E-state index contributed by atoms with van der Waals surface area (Å²) < 4.78 is 27.0. The van der Waals surface area contributed by atoms with Crippen LogP contribution in [0.15, 0.2) is 0 Å². The Labute approximate surface area is 174 Å². The van der Waals surface area contributed by atoms with Gasteiger partial charge in [0.05, 0.1) is 59.3 Å². The lowest BCUT2D eigenvalue weighted by Crippen LogP contribution is -2.25. The molecule has 0 aliphatic carbocycles. The molecule has 0 aromatic heterocycles. The Morgan fingerprint density at radius 2 is 1.10 bits per heavy atom. The van der Waals surface area contributed by atoms with Crippen LogP contribution in [0.3, 0.4) is 0 Å². The molecule has 0 saturated heterocycles. The van der Waals surface area contributed by atoms with Gasteiger partial charge in [0.15, 0.2) is 0 Å². The highest BCUT2D eigenvalue weighted by molar-refractivity contribution is 5.80. The lowest BCUT2D eigenvalue weighted by Gasteiger charge is -2.08. The summed E-state index contributed by atoms with van der Waals surface area (Å²) in [5.41, 5.74) is 0. The normalized spacial score (nSPS) is 10.9. The van der Waals surface area contributed by atoms with Gasteiger partial charge in [-0.15, -0.1) is 0 Å². The monoisotopic (exact) mass is 421 g/mol. The number of ether oxygens (including phenoxy) is 5. The van der Waals surface area contributed by atoms with E-state index in [0.29, 0.717) is 72.4 Å². The van der Waals surface area contributed by atoms with Gasteiger partial charge >= 0.3 is 5.97 Å². The first-order valence-corrected chi connectivity index (χ1v) is 10.5. The van der Waals surface area contributed by atoms with Crippen molar-refractivity contribution in [1.82, 2.24) is 5.32 Å². The third kappa shape index (κ3) is 24.7. The average molecular weight is 422 g/mol. The van der Waals surface area contributed by atoms with Crippen LogP contribution >= 0.6 is 0 Å². The van der Waals surface area contributed by atoms with Crippen LogP contribution in [0, 0.1) is 0 Å². The van der Waals surface area contributed by atoms with Gasteiger partial charge in [0.1, 0.15) is 0 Å². The van der Waals surface area contributed by atoms with E-state index in [0.717, 1.165) is 13.0 Å². The molecule has 9 heteroatoms. The summed E-state index contributed by atoms with van der Waals surface area (Å²) in [5.74, 6) is -1.22. The van der Waals surface area contributed by atoms with Crippen LogP contribution in [-0.2, 0) is 33.3 Å². The molecule has 0 radical (unpaired) electrons. The van der Waals surface area contributed by atoms with Crippen molar-refractivity contribution in [2.24, 2.45) is 0 Å². The minimum absolute atomic E-state index is 0.00572. The lowest BCUT2D eigenvalue weighted by atomic mass is 10.3. The van der Waals surface area contributed by atoms with Gasteiger partial charge < -0.3 is 34.1 Å². The highest BCUT2D eigenvalue weighted by atomic mass is 16.6. The molecule has 172 valence electrons. The summed E-state index contributed by atoms with van der Waals surface area (Å²) in [6, 6.07) is 0. The minimum Gasteiger partial charge on any atom is -0.481 e. The van der Waals surface area contributed by atoms with Crippen LogP contribution < -0.4 is 5.32 Å². The number of rotatable bonds is 23. The SMILES string of the molecule is CCCCCOCCOCCOCCOCCOCCCNC(=O)CCC(=O)O. The Hall–Kier alpha value is -1.26. The van der Waals surface area contributed by atoms with Crippen LogP contribution in [0.4, 0.5) is 0 Å². The van der Waals surface area contributed by atoms with Gasteiger partial charge in [0.2, 0.25) is 5.91 Å². The van der Waals surface area contributed by atoms with Crippen LogP contribution in [0.1, 0.15) is 45.4 Å². The van der Waals surface area contributed by atoms with Gasteiger partial charge in [-0.1, -0.05) is 19.8 Å². The molecule has 0 aromatic rings. The second-order valence-corrected chi connectivity index (χ2v) is 6.37. The molecule has 29 heavy (non-hydrogen) atoms. The van der Waals surface area contributed by atoms with Crippen molar-refractivity contribution in [3.8, 4) is 0 Å². The smallest absolute Gasteiger partial charge is 0.303 e. The van der Waals surface area contributed by atoms with Gasteiger partial charge in [-0.05, 0) is 12.8 Å². The number of carboxylic acid groups (broad SMARTS) is 1. The van der Waals surface area contributed by atoms with Crippen molar-refractivity contribution in [2.45, 2.75) is 45.4 Å². The van der Waals surface area contributed by atoms with Crippen molar-refractivity contribution >= 4 is 11.9 Å². The van der Waals surface area contributed by atoms with E-state index in [1.165, 1.54) is 12.8 Å². The first-order valence-electron chi connectivity index (χ1n) is 10.5. The second kappa shape index (κ2) is 23.0. The number of hydrogen-bond acceptors (Lipinski definition) is 7. The number of carboxylic acids is 1. The molecule has 0 atom stereocenters. The maximum Gasteiger partial charge on any atom is 0.303 e. The first kappa shape index (κ1) is 27.7. The topological polar surface area (TPSA) is 113 Å². The van der Waals surface area contributed by atoms with Gasteiger partial charge in [0, 0.05) is 26.2 Å². The first-order chi connectivity index (χ1) is 14.2. The Morgan fingerprint density at radius 1 is 0.655 bits per heavy atom. The molecule has 0 aliphatic rings. The van der Waals surface area contributed by atoms with E-state index in [9.17, 15) is 9.59 Å². The number of nitrogens with one attached hydrogen (secondary N) is 1. The number of hydrogen-bond donors (Lipinski definition) is 2. The third-order valence-corrected chi connectivity index (χ3v) is 3.73. The van der Waals surface area contributed by atoms with E-state index in [4.69, 9.17) is 28.8 Å². The molecule has 0 aliphatic heterocycles. The Balaban J connectivity index is 3.08. The zero-order chi connectivity index (χ0) is 21.4. The molecule has 0 spiro atoms. The van der Waals surface area contributed by atoms with Crippen molar-refractivity contribution < 1.29 is 38.4 Å². The van der Waals surface area contributed by atoms with E-state index in [2.05, 4.69) is 12.2 Å². The molecule has 0 unspecified atom stereocenters. The zero-order valence-corrected chi connectivity index (χ0v) is 17.8. The van der Waals surface area contributed by atoms with E-state index >= 15 is 0 Å². The fourth-order valence-electron chi connectivity index (χ4n) is 2.15. The maximum absolute atomic E-state index is 11.3. The summed E-state index contributed by atoms with van der Waals surface area (Å²) in [6.07, 6.45) is 4.05. The predicted octanol–water partition coefficient (Wildman–Crippen LogP) is 1.63. The second-order valence-electron chi connectivity index (χ2n) is 6.37. The van der Waals surface area contributed by atoms with E-state index in [1.807, 2.05) is 0 Å². The molecule has 0 heterocycles. The van der Waals surface area contributed by atoms with Crippen LogP contribution in [0.25, 0.3) is 0 Å². The van der Waals surface area contributed by atoms with Crippen molar-refractivity contribution in [2.75, 3.05) is 72.6 Å². The van der Waals surface area contributed by atoms with Gasteiger partial charge in [-0.2, -0.15) is 0 Å². The Kier molecular flexibility index (Phi) is 22.0. The standard InChI is InChI=1S/C20H39NO8/c1-2-3-4-9-25-11-13-27-15-17-29-18-16-28-14-12-26-10-5-8-21-19(22)6-7-20(23)24/h2-18H2,1H3,(H,21,22)(H,23,24). The van der Waals surface area contributed by atoms with E-state index in [-0.39, 0.29) is 18.7 Å². The molecular weight excluding hydrogens is 382 g/mol. The molecule has 0 bridgehead atoms. The number of carbonyl (C=O) groups excluding carboxylic acids is 1. The highest BCUT2D eigenvalue weighted by Crippen LogP contribution is 1.94. The number of carbonyl (C=O) groups is 2. The Morgan fingerprint density at radius 3 is 1.55 bits per heavy atom. The quantitative estimate of drug-likeness (QED) is 0.239. The molecule has 0 aromatic carbocycles. The maximum atomic E-state index is 11.3. The minimum atomic E-state index is -0.971. The summed E-state index contributed by atoms with van der Waals surface area (Å²) >= 11 is 0. The van der Waals surface area contributed by atoms with Gasteiger partial charge in [-0.3, -0.25) is 9.59 Å². The molecule has 0 fully saturated rings. The number of unbranched alkanes of at least 4 members (excludes halogenated alkanes) is 2. The Bertz CT molecular complexity index is 381. The van der Waals surface area contributed by atoms with Crippen molar-refractivity contribution in [3.63, 3.8) is 0 Å². The predicted molar refractivity (Wildman–Crippen MR) is 108 cm³/mol. The molecule has 0 saturated carbocycles. The summed E-state index contributed by atoms with van der Waals surface area (Å²) in [5, 5.41) is 11.1. The molecule has 0 rings (SSSR count). The van der Waals surface area contributed by atoms with E-state index < -0.39 is 5.97 Å². The van der Waals surface area contributed by atoms with Crippen LogP contribution in [0.5, 0.6) is 0 Å². The lowest BCUT2D eigenvalue weighted by molar-refractivity contribution is -0.138. The summed E-state index contributed by atoms with van der Waals surface area (Å²) in [4.78, 5) is 21.6. The fraction of sp³-hybridized carbons (Fsp3) is 0.900. The molecule has 1 amide bonds. The molecular formula is C20H39NO8. The number of aliphatic carboxylic acids is 1. The van der Waals surface area contributed by atoms with Crippen LogP contribution in [-0.4, -0.2) is 89.6 Å². The highest BCUT2D eigenvalue weighted by Gasteiger charge is 2.04. The van der Waals surface area contributed by atoms with Gasteiger partial charge in [0.25, 0.3) is 0 Å². The molecule has 2 N–H and O–H groups in total. The largest absolute Gasteiger partial charge is 0.481 e. The van der Waals surface area contributed by atoms with Crippen molar-refractivity contribution in [1.29, 1.82) is 0 Å². The van der Waals surface area contributed by atoms with Crippen LogP contribution in [0.2, 0.25) is 0 Å². The molecule has 9 nitrogen and oxygen atoms in total. The summed E-state index contributed by atoms with van der Waals surface area (Å²) in [6.45, 7) is 8.25. The number of amides is 1. The fourth-order valence-corrected chi connectivity index (χ4v) is 2.15. The average Bonchev–Trinajstić information content (AvgIpc) is 2.70. The van der Waals surface area contributed by atoms with E-state index in [1.54, 1.807) is 0 Å². The zero-order valence-electron chi connectivity index (χ0n) is 17.8. The third-order valence-electron chi connectivity index (χ3n) is 3.73. The van der Waals surface area contributed by atoms with Crippen molar-refractivity contribution in [3.05, 3.63) is 0 Å². The van der Waals surface area contributed by atoms with Gasteiger partial charge in [-0.25, -0.2) is 0 Å². The summed E-state index contributed by atoms with van der Waals surface area (Å²) in [7, 11) is 0.